The number of ether oxygens (including phenoxy) is 2. The van der Waals surface area contributed by atoms with Crippen molar-refractivity contribution in [2.45, 2.75) is 57.8 Å². The lowest BCUT2D eigenvalue weighted by Gasteiger charge is -2.26. The zero-order chi connectivity index (χ0) is 24.3. The average Bonchev–Trinajstić information content (AvgIpc) is 3.46. The van der Waals surface area contributed by atoms with Crippen molar-refractivity contribution in [3.8, 4) is 0 Å². The predicted octanol–water partition coefficient (Wildman–Crippen LogP) is 4.04. The van der Waals surface area contributed by atoms with E-state index in [4.69, 9.17) is 4.74 Å². The fraction of sp³-hybridized carbons (Fsp3) is 0.500. The number of aromatic nitrogens is 1. The summed E-state index contributed by atoms with van der Waals surface area (Å²) in [6.45, 7) is 2.66. The van der Waals surface area contributed by atoms with Gasteiger partial charge in [0, 0.05) is 13.1 Å². The van der Waals surface area contributed by atoms with E-state index in [2.05, 4.69) is 10.1 Å². The average molecular weight is 479 g/mol. The predicted molar refractivity (Wildman–Crippen MR) is 117 cm³/mol. The van der Waals surface area contributed by atoms with Crippen molar-refractivity contribution in [1.29, 1.82) is 0 Å². The van der Waals surface area contributed by atoms with E-state index >= 15 is 0 Å². The van der Waals surface area contributed by atoms with Gasteiger partial charge in [-0.2, -0.15) is 0 Å². The van der Waals surface area contributed by atoms with Crippen LogP contribution in [0.4, 0.5) is 13.2 Å². The molecule has 1 N–H and O–H groups in total. The Labute approximate surface area is 195 Å². The second kappa shape index (κ2) is 10.2. The lowest BCUT2D eigenvalue weighted by Crippen LogP contribution is -2.40. The van der Waals surface area contributed by atoms with Gasteiger partial charge in [-0.15, -0.1) is 13.2 Å². The molecular weight excluding hydrogens is 451 g/mol. The SMILES string of the molecule is CC[C@@H](NC(=O)c1cc(C(=O)N2CCCC2COC(F)(F)F)n2c1COCC2)c1ccccc1. The Hall–Kier alpha value is -2.85. The minimum Gasteiger partial charge on any atom is -0.373 e. The number of nitrogens with zero attached hydrogens (tertiary/aromatic N) is 2. The first-order valence-corrected chi connectivity index (χ1v) is 11.5. The highest BCUT2D eigenvalue weighted by molar-refractivity contribution is 6.01. The second-order valence-corrected chi connectivity index (χ2v) is 8.49. The van der Waals surface area contributed by atoms with E-state index in [0.717, 1.165) is 5.56 Å². The number of benzene rings is 1. The lowest BCUT2D eigenvalue weighted by atomic mass is 10.0. The maximum atomic E-state index is 13.4. The van der Waals surface area contributed by atoms with Gasteiger partial charge >= 0.3 is 6.36 Å². The minimum atomic E-state index is -4.75. The molecule has 1 unspecified atom stereocenters. The molecule has 10 heteroatoms. The standard InChI is InChI=1S/C24H28F3N3O4/c1-2-19(16-7-4-3-5-8-16)28-22(31)18-13-20(30-11-12-33-15-21(18)30)23(32)29-10-6-9-17(29)14-34-24(25,26)27/h3-5,7-8,13,17,19H,2,6,9-12,14-15H2,1H3,(H,28,31)/t17?,19-/m1/s1. The summed E-state index contributed by atoms with van der Waals surface area (Å²) in [6.07, 6.45) is -3.04. The summed E-state index contributed by atoms with van der Waals surface area (Å²) in [7, 11) is 0. The number of likely N-dealkylation sites (tertiary alicyclic amines) is 1. The number of carbonyl (C=O) groups is 2. The molecule has 2 aromatic rings. The summed E-state index contributed by atoms with van der Waals surface area (Å²) >= 11 is 0. The number of rotatable bonds is 7. The van der Waals surface area contributed by atoms with Crippen molar-refractivity contribution < 1.29 is 32.2 Å². The smallest absolute Gasteiger partial charge is 0.373 e. The van der Waals surface area contributed by atoms with Crippen LogP contribution < -0.4 is 5.32 Å². The third-order valence-electron chi connectivity index (χ3n) is 6.36. The Bertz CT molecular complexity index is 1020. The molecule has 0 bridgehead atoms. The molecule has 0 spiro atoms. The summed E-state index contributed by atoms with van der Waals surface area (Å²) in [4.78, 5) is 28.1. The fourth-order valence-electron chi connectivity index (χ4n) is 4.65. The molecule has 1 fully saturated rings. The van der Waals surface area contributed by atoms with Crippen LogP contribution in [0.3, 0.4) is 0 Å². The molecule has 0 saturated carbocycles. The highest BCUT2D eigenvalue weighted by atomic mass is 19.4. The maximum absolute atomic E-state index is 13.4. The van der Waals surface area contributed by atoms with Gasteiger partial charge in [0.25, 0.3) is 11.8 Å². The van der Waals surface area contributed by atoms with Gasteiger partial charge in [-0.25, -0.2) is 0 Å². The zero-order valence-corrected chi connectivity index (χ0v) is 18.9. The van der Waals surface area contributed by atoms with E-state index in [1.54, 1.807) is 10.6 Å². The van der Waals surface area contributed by atoms with Crippen molar-refractivity contribution in [3.05, 3.63) is 58.9 Å². The van der Waals surface area contributed by atoms with E-state index in [1.165, 1.54) is 4.90 Å². The van der Waals surface area contributed by atoms with Crippen LogP contribution in [0.25, 0.3) is 0 Å². The van der Waals surface area contributed by atoms with Gasteiger partial charge in [0.15, 0.2) is 0 Å². The van der Waals surface area contributed by atoms with Crippen LogP contribution in [0, 0.1) is 0 Å². The molecule has 1 saturated heterocycles. The monoisotopic (exact) mass is 479 g/mol. The number of fused-ring (bicyclic) bond motifs is 1. The number of hydrogen-bond donors (Lipinski definition) is 1. The normalized spacial score (nSPS) is 19.1. The summed E-state index contributed by atoms with van der Waals surface area (Å²) in [5, 5.41) is 3.04. The summed E-state index contributed by atoms with van der Waals surface area (Å²) < 4.78 is 48.9. The fourth-order valence-corrected chi connectivity index (χ4v) is 4.65. The second-order valence-electron chi connectivity index (χ2n) is 8.49. The largest absolute Gasteiger partial charge is 0.522 e. The summed E-state index contributed by atoms with van der Waals surface area (Å²) in [6, 6.07) is 10.3. The van der Waals surface area contributed by atoms with Crippen molar-refractivity contribution >= 4 is 11.8 Å². The number of nitrogens with one attached hydrogen (secondary N) is 1. The molecule has 184 valence electrons. The van der Waals surface area contributed by atoms with Gasteiger partial charge in [0.05, 0.1) is 43.2 Å². The van der Waals surface area contributed by atoms with Gasteiger partial charge in [0.2, 0.25) is 0 Å². The molecule has 3 heterocycles. The molecule has 0 aliphatic carbocycles. The number of amides is 2. The van der Waals surface area contributed by atoms with Crippen LogP contribution in [0.2, 0.25) is 0 Å². The Morgan fingerprint density at radius 1 is 1.24 bits per heavy atom. The molecule has 34 heavy (non-hydrogen) atoms. The van der Waals surface area contributed by atoms with Crippen LogP contribution in [0.15, 0.2) is 36.4 Å². The van der Waals surface area contributed by atoms with Crippen molar-refractivity contribution in [2.75, 3.05) is 19.8 Å². The van der Waals surface area contributed by atoms with Gasteiger partial charge in [-0.3, -0.25) is 14.3 Å². The third kappa shape index (κ3) is 5.28. The molecule has 4 rings (SSSR count). The summed E-state index contributed by atoms with van der Waals surface area (Å²) in [5.41, 5.74) is 2.20. The van der Waals surface area contributed by atoms with Crippen LogP contribution in [0.1, 0.15) is 64.3 Å². The van der Waals surface area contributed by atoms with Crippen LogP contribution in [-0.2, 0) is 22.6 Å². The van der Waals surface area contributed by atoms with Gasteiger partial charge < -0.3 is 19.5 Å². The molecule has 2 atom stereocenters. The quantitative estimate of drug-likeness (QED) is 0.651. The third-order valence-corrected chi connectivity index (χ3v) is 6.36. The van der Waals surface area contributed by atoms with E-state index in [9.17, 15) is 22.8 Å². The van der Waals surface area contributed by atoms with Crippen molar-refractivity contribution in [2.24, 2.45) is 0 Å². The first kappa shape index (κ1) is 24.3. The van der Waals surface area contributed by atoms with E-state index in [1.807, 2.05) is 37.3 Å². The molecule has 1 aromatic carbocycles. The van der Waals surface area contributed by atoms with Gasteiger partial charge in [-0.05, 0) is 30.9 Å². The van der Waals surface area contributed by atoms with Crippen LogP contribution in [-0.4, -0.2) is 53.4 Å². The molecule has 1 aromatic heterocycles. The Kier molecular flexibility index (Phi) is 7.27. The lowest BCUT2D eigenvalue weighted by molar-refractivity contribution is -0.327. The molecule has 2 amide bonds. The summed E-state index contributed by atoms with van der Waals surface area (Å²) in [5.74, 6) is -0.715. The first-order valence-electron chi connectivity index (χ1n) is 11.5. The Morgan fingerprint density at radius 3 is 2.71 bits per heavy atom. The molecule has 2 aliphatic rings. The van der Waals surface area contributed by atoms with E-state index < -0.39 is 24.9 Å². The Balaban J connectivity index is 1.57. The number of carbonyl (C=O) groups excluding carboxylic acids is 2. The molecule has 7 nitrogen and oxygen atoms in total. The first-order chi connectivity index (χ1) is 16.3. The van der Waals surface area contributed by atoms with Crippen LogP contribution in [0.5, 0.6) is 0 Å². The van der Waals surface area contributed by atoms with Crippen LogP contribution >= 0.6 is 0 Å². The molecule has 0 radical (unpaired) electrons. The van der Waals surface area contributed by atoms with E-state index in [-0.39, 0.29) is 24.2 Å². The van der Waals surface area contributed by atoms with Gasteiger partial charge in [-0.1, -0.05) is 37.3 Å². The highest BCUT2D eigenvalue weighted by Crippen LogP contribution is 2.28. The number of hydrogen-bond acceptors (Lipinski definition) is 4. The Morgan fingerprint density at radius 2 is 2.00 bits per heavy atom. The maximum Gasteiger partial charge on any atom is 0.522 e. The topological polar surface area (TPSA) is 72.8 Å². The minimum absolute atomic E-state index is 0.179. The van der Waals surface area contributed by atoms with Gasteiger partial charge in [0.1, 0.15) is 5.69 Å². The van der Waals surface area contributed by atoms with Crippen molar-refractivity contribution in [3.63, 3.8) is 0 Å². The molecule has 2 aliphatic heterocycles. The number of halogens is 3. The zero-order valence-electron chi connectivity index (χ0n) is 18.9. The van der Waals surface area contributed by atoms with E-state index in [0.29, 0.717) is 50.2 Å². The highest BCUT2D eigenvalue weighted by Gasteiger charge is 2.37. The van der Waals surface area contributed by atoms with Crippen molar-refractivity contribution in [1.82, 2.24) is 14.8 Å². The number of alkyl halides is 3. The molecular formula is C24H28F3N3O4.